The molecule has 2 rings (SSSR count). The fraction of sp³-hybridized carbons (Fsp3) is 0.571. The Kier molecular flexibility index (Phi) is 0.770. The van der Waals surface area contributed by atoms with Crippen LogP contribution in [-0.2, 0) is 5.54 Å². The molecule has 1 aromatic heterocycles. The molecule has 1 heterocycles. The fourth-order valence-corrected chi connectivity index (χ4v) is 1.02. The molecule has 0 aliphatic heterocycles. The van der Waals surface area contributed by atoms with Crippen molar-refractivity contribution < 1.29 is 0 Å². The number of imidazole rings is 1. The average molecular weight is 122 g/mol. The quantitative estimate of drug-likeness (QED) is 0.550. The predicted octanol–water partition coefficient (Wildman–Crippen LogP) is 1.39. The highest BCUT2D eigenvalue weighted by atomic mass is 15.1. The molecule has 1 saturated carbocycles. The van der Waals surface area contributed by atoms with E-state index in [4.69, 9.17) is 0 Å². The zero-order valence-electron chi connectivity index (χ0n) is 5.54. The number of hydrogen-bond acceptors (Lipinski definition) is 1. The fourth-order valence-electron chi connectivity index (χ4n) is 1.02. The maximum atomic E-state index is 3.99. The first-order valence-electron chi connectivity index (χ1n) is 3.30. The second kappa shape index (κ2) is 1.38. The maximum absolute atomic E-state index is 3.99. The Morgan fingerprint density at radius 2 is 2.33 bits per heavy atom. The van der Waals surface area contributed by atoms with Gasteiger partial charge in [0.25, 0.3) is 0 Å². The molecule has 48 valence electrons. The van der Waals surface area contributed by atoms with Crippen LogP contribution in [0.3, 0.4) is 0 Å². The molecular formula is C7H10N2. The normalized spacial score (nSPS) is 21.9. The van der Waals surface area contributed by atoms with Crippen LogP contribution in [0.5, 0.6) is 0 Å². The van der Waals surface area contributed by atoms with Crippen LogP contribution in [0.1, 0.15) is 19.8 Å². The average Bonchev–Trinajstić information content (AvgIpc) is 2.46. The topological polar surface area (TPSA) is 17.8 Å². The number of aromatic nitrogens is 2. The molecule has 0 amide bonds. The van der Waals surface area contributed by atoms with Crippen molar-refractivity contribution in [3.05, 3.63) is 18.7 Å². The lowest BCUT2D eigenvalue weighted by Crippen LogP contribution is -2.08. The third-order valence-corrected chi connectivity index (χ3v) is 2.10. The molecule has 0 spiro atoms. The third-order valence-electron chi connectivity index (χ3n) is 2.10. The van der Waals surface area contributed by atoms with Gasteiger partial charge >= 0.3 is 0 Å². The van der Waals surface area contributed by atoms with Gasteiger partial charge in [-0.25, -0.2) is 4.98 Å². The van der Waals surface area contributed by atoms with Crippen LogP contribution in [0.15, 0.2) is 18.7 Å². The molecule has 1 aromatic rings. The first-order valence-corrected chi connectivity index (χ1v) is 3.30. The van der Waals surface area contributed by atoms with E-state index >= 15 is 0 Å². The molecule has 0 unspecified atom stereocenters. The highest BCUT2D eigenvalue weighted by molar-refractivity contribution is 4.98. The van der Waals surface area contributed by atoms with E-state index in [1.54, 1.807) is 0 Å². The van der Waals surface area contributed by atoms with Gasteiger partial charge in [-0.15, -0.1) is 0 Å². The standard InChI is InChI=1S/C7H10N2/c1-7(2-3-7)9-5-4-8-6-9/h4-6H,2-3H2,1H3. The Balaban J connectivity index is 2.34. The predicted molar refractivity (Wildman–Crippen MR) is 35.1 cm³/mol. The summed E-state index contributed by atoms with van der Waals surface area (Å²) in [5.74, 6) is 0. The summed E-state index contributed by atoms with van der Waals surface area (Å²) in [5, 5.41) is 0. The van der Waals surface area contributed by atoms with Crippen LogP contribution >= 0.6 is 0 Å². The smallest absolute Gasteiger partial charge is 0.0951 e. The van der Waals surface area contributed by atoms with E-state index in [1.165, 1.54) is 12.8 Å². The Bertz CT molecular complexity index is 197. The second-order valence-electron chi connectivity index (χ2n) is 2.97. The third kappa shape index (κ3) is 0.661. The van der Waals surface area contributed by atoms with Crippen LogP contribution in [0, 0.1) is 0 Å². The van der Waals surface area contributed by atoms with E-state index in [0.29, 0.717) is 5.54 Å². The zero-order chi connectivity index (χ0) is 6.32. The number of nitrogens with zero attached hydrogens (tertiary/aromatic N) is 2. The molecule has 1 fully saturated rings. The van der Waals surface area contributed by atoms with Crippen LogP contribution < -0.4 is 0 Å². The molecular weight excluding hydrogens is 112 g/mol. The highest BCUT2D eigenvalue weighted by Gasteiger charge is 2.38. The summed E-state index contributed by atoms with van der Waals surface area (Å²) >= 11 is 0. The molecule has 9 heavy (non-hydrogen) atoms. The molecule has 2 heteroatoms. The van der Waals surface area contributed by atoms with Crippen molar-refractivity contribution in [2.75, 3.05) is 0 Å². The lowest BCUT2D eigenvalue weighted by molar-refractivity contribution is 0.532. The Morgan fingerprint density at radius 3 is 2.78 bits per heavy atom. The van der Waals surface area contributed by atoms with Crippen molar-refractivity contribution >= 4 is 0 Å². The summed E-state index contributed by atoms with van der Waals surface area (Å²) in [7, 11) is 0. The summed E-state index contributed by atoms with van der Waals surface area (Å²) in [6, 6.07) is 0. The molecule has 0 aromatic carbocycles. The molecule has 1 aliphatic rings. The van der Waals surface area contributed by atoms with Crippen LogP contribution in [0.4, 0.5) is 0 Å². The van der Waals surface area contributed by atoms with Gasteiger partial charge in [-0.05, 0) is 19.8 Å². The van der Waals surface area contributed by atoms with Gasteiger partial charge in [-0.3, -0.25) is 0 Å². The van der Waals surface area contributed by atoms with E-state index in [2.05, 4.69) is 16.5 Å². The largest absolute Gasteiger partial charge is 0.332 e. The minimum Gasteiger partial charge on any atom is -0.332 e. The van der Waals surface area contributed by atoms with Crippen molar-refractivity contribution in [3.63, 3.8) is 0 Å². The van der Waals surface area contributed by atoms with Gasteiger partial charge in [0.2, 0.25) is 0 Å². The molecule has 0 saturated heterocycles. The highest BCUT2D eigenvalue weighted by Crippen LogP contribution is 2.42. The monoisotopic (exact) mass is 122 g/mol. The minimum absolute atomic E-state index is 0.427. The van der Waals surface area contributed by atoms with E-state index in [9.17, 15) is 0 Å². The summed E-state index contributed by atoms with van der Waals surface area (Å²) in [6.45, 7) is 2.26. The first kappa shape index (κ1) is 5.03. The van der Waals surface area contributed by atoms with Crippen LogP contribution in [-0.4, -0.2) is 9.55 Å². The molecule has 0 radical (unpaired) electrons. The lowest BCUT2D eigenvalue weighted by Gasteiger charge is -2.07. The van der Waals surface area contributed by atoms with E-state index in [0.717, 1.165) is 0 Å². The Hall–Kier alpha value is -0.790. The van der Waals surface area contributed by atoms with Crippen molar-refractivity contribution in [1.29, 1.82) is 0 Å². The molecule has 0 bridgehead atoms. The maximum Gasteiger partial charge on any atom is 0.0951 e. The SMILES string of the molecule is CC1(n2ccnc2)CC1. The molecule has 1 aliphatic carbocycles. The Labute approximate surface area is 54.5 Å². The minimum atomic E-state index is 0.427. The van der Waals surface area contributed by atoms with Crippen molar-refractivity contribution in [1.82, 2.24) is 9.55 Å². The van der Waals surface area contributed by atoms with Crippen molar-refractivity contribution in [3.8, 4) is 0 Å². The lowest BCUT2D eigenvalue weighted by atomic mass is 10.3. The second-order valence-corrected chi connectivity index (χ2v) is 2.97. The summed E-state index contributed by atoms with van der Waals surface area (Å²) in [4.78, 5) is 3.99. The summed E-state index contributed by atoms with van der Waals surface area (Å²) < 4.78 is 2.19. The first-order chi connectivity index (χ1) is 4.31. The molecule has 0 atom stereocenters. The van der Waals surface area contributed by atoms with Gasteiger partial charge < -0.3 is 4.57 Å². The zero-order valence-corrected chi connectivity index (χ0v) is 5.54. The van der Waals surface area contributed by atoms with Crippen LogP contribution in [0.2, 0.25) is 0 Å². The van der Waals surface area contributed by atoms with E-state index < -0.39 is 0 Å². The Morgan fingerprint density at radius 1 is 1.56 bits per heavy atom. The van der Waals surface area contributed by atoms with Gasteiger partial charge in [0.1, 0.15) is 0 Å². The van der Waals surface area contributed by atoms with Gasteiger partial charge in [0, 0.05) is 17.9 Å². The van der Waals surface area contributed by atoms with E-state index in [1.807, 2.05) is 18.7 Å². The number of rotatable bonds is 1. The van der Waals surface area contributed by atoms with Crippen molar-refractivity contribution in [2.45, 2.75) is 25.3 Å². The summed E-state index contributed by atoms with van der Waals surface area (Å²) in [6.07, 6.45) is 8.39. The van der Waals surface area contributed by atoms with E-state index in [-0.39, 0.29) is 0 Å². The summed E-state index contributed by atoms with van der Waals surface area (Å²) in [5.41, 5.74) is 0.427. The number of hydrogen-bond donors (Lipinski definition) is 0. The van der Waals surface area contributed by atoms with Crippen molar-refractivity contribution in [2.24, 2.45) is 0 Å². The van der Waals surface area contributed by atoms with Gasteiger partial charge in [0.05, 0.1) is 6.33 Å². The molecule has 0 N–H and O–H groups in total. The van der Waals surface area contributed by atoms with Gasteiger partial charge in [0.15, 0.2) is 0 Å². The molecule has 2 nitrogen and oxygen atoms in total. The van der Waals surface area contributed by atoms with Gasteiger partial charge in [-0.2, -0.15) is 0 Å². The van der Waals surface area contributed by atoms with Gasteiger partial charge in [-0.1, -0.05) is 0 Å². The van der Waals surface area contributed by atoms with Crippen LogP contribution in [0.25, 0.3) is 0 Å².